The highest BCUT2D eigenvalue weighted by atomic mass is 35.5. The van der Waals surface area contributed by atoms with Crippen molar-refractivity contribution in [1.29, 1.82) is 0 Å². The van der Waals surface area contributed by atoms with Crippen molar-refractivity contribution in [3.8, 4) is 0 Å². The van der Waals surface area contributed by atoms with E-state index < -0.39 is 0 Å². The molecule has 2 N–H and O–H groups in total. The van der Waals surface area contributed by atoms with E-state index in [1.807, 2.05) is 5.38 Å². The normalized spacial score (nSPS) is 21.3. The predicted octanol–water partition coefficient (Wildman–Crippen LogP) is 1.88. The van der Waals surface area contributed by atoms with Crippen LogP contribution in [0.1, 0.15) is 22.5 Å². The van der Waals surface area contributed by atoms with Crippen molar-refractivity contribution in [2.45, 2.75) is 18.9 Å². The van der Waals surface area contributed by atoms with Crippen LogP contribution in [0.5, 0.6) is 0 Å². The second-order valence-corrected chi connectivity index (χ2v) is 4.94. The molecule has 2 rings (SSSR count). The Balaban J connectivity index is 1.94. The number of nitrogens with one attached hydrogen (secondary N) is 2. The first-order valence-electron chi connectivity index (χ1n) is 5.02. The van der Waals surface area contributed by atoms with E-state index in [-0.39, 0.29) is 11.9 Å². The molecule has 0 saturated carbocycles. The number of thiophene rings is 1. The molecule has 0 aliphatic carbocycles. The molecule has 1 aromatic heterocycles. The predicted molar refractivity (Wildman–Crippen MR) is 62.7 cm³/mol. The molecular weight excluding hydrogens is 232 g/mol. The molecule has 0 unspecified atom stereocenters. The number of amides is 1. The molecule has 0 aromatic carbocycles. The highest BCUT2D eigenvalue weighted by Gasteiger charge is 2.18. The Kier molecular flexibility index (Phi) is 3.61. The number of carbonyl (C=O) groups excluding carboxylic acids is 1. The maximum Gasteiger partial charge on any atom is 0.263 e. The molecule has 0 radical (unpaired) electrons. The van der Waals surface area contributed by atoms with E-state index in [2.05, 4.69) is 10.6 Å². The van der Waals surface area contributed by atoms with Crippen LogP contribution in [0.25, 0.3) is 0 Å². The summed E-state index contributed by atoms with van der Waals surface area (Å²) in [7, 11) is 0. The zero-order valence-electron chi connectivity index (χ0n) is 8.25. The van der Waals surface area contributed by atoms with Gasteiger partial charge in [0.25, 0.3) is 5.91 Å². The van der Waals surface area contributed by atoms with E-state index in [0.717, 1.165) is 25.9 Å². The highest BCUT2D eigenvalue weighted by molar-refractivity contribution is 7.12. The summed E-state index contributed by atoms with van der Waals surface area (Å²) >= 11 is 7.27. The molecule has 3 nitrogen and oxygen atoms in total. The fourth-order valence-corrected chi connectivity index (χ4v) is 2.73. The first kappa shape index (κ1) is 10.9. The maximum absolute atomic E-state index is 11.8. The van der Waals surface area contributed by atoms with Gasteiger partial charge in [-0.15, -0.1) is 11.3 Å². The van der Waals surface area contributed by atoms with E-state index in [1.165, 1.54) is 11.3 Å². The molecule has 1 saturated heterocycles. The van der Waals surface area contributed by atoms with Crippen molar-refractivity contribution in [3.63, 3.8) is 0 Å². The standard InChI is InChI=1S/C10H13ClN2OS/c11-8-3-5-15-9(8)10(14)13-7-2-1-4-12-6-7/h3,5,7,12H,1-2,4,6H2,(H,13,14)/t7-/m0/s1. The summed E-state index contributed by atoms with van der Waals surface area (Å²) in [6.07, 6.45) is 2.16. The quantitative estimate of drug-likeness (QED) is 0.834. The van der Waals surface area contributed by atoms with Crippen LogP contribution in [0.3, 0.4) is 0 Å². The molecule has 1 aromatic rings. The van der Waals surface area contributed by atoms with Crippen LogP contribution in [0.4, 0.5) is 0 Å². The van der Waals surface area contributed by atoms with Gasteiger partial charge in [0.1, 0.15) is 4.88 Å². The lowest BCUT2D eigenvalue weighted by Crippen LogP contribution is -2.45. The van der Waals surface area contributed by atoms with Gasteiger partial charge in [0.15, 0.2) is 0 Å². The fourth-order valence-electron chi connectivity index (χ4n) is 1.68. The number of rotatable bonds is 2. The monoisotopic (exact) mass is 244 g/mol. The lowest BCUT2D eigenvalue weighted by Gasteiger charge is -2.23. The summed E-state index contributed by atoms with van der Waals surface area (Å²) in [5.74, 6) is -0.0521. The lowest BCUT2D eigenvalue weighted by atomic mass is 10.1. The average Bonchev–Trinajstić information content (AvgIpc) is 2.66. The molecule has 0 bridgehead atoms. The number of hydrogen-bond donors (Lipinski definition) is 2. The van der Waals surface area contributed by atoms with E-state index >= 15 is 0 Å². The van der Waals surface area contributed by atoms with Gasteiger partial charge in [0.05, 0.1) is 5.02 Å². The van der Waals surface area contributed by atoms with Crippen LogP contribution in [0, 0.1) is 0 Å². The topological polar surface area (TPSA) is 41.1 Å². The Hall–Kier alpha value is -0.580. The highest BCUT2D eigenvalue weighted by Crippen LogP contribution is 2.21. The van der Waals surface area contributed by atoms with Crippen LogP contribution in [0.2, 0.25) is 5.02 Å². The average molecular weight is 245 g/mol. The van der Waals surface area contributed by atoms with Crippen LogP contribution >= 0.6 is 22.9 Å². The summed E-state index contributed by atoms with van der Waals surface area (Å²) in [4.78, 5) is 12.4. The SMILES string of the molecule is O=C(N[C@H]1CCCNC1)c1sccc1Cl. The Bertz CT molecular complexity index is 347. The summed E-state index contributed by atoms with van der Waals surface area (Å²) in [6.45, 7) is 1.90. The van der Waals surface area contributed by atoms with Gasteiger partial charge >= 0.3 is 0 Å². The van der Waals surface area contributed by atoms with Gasteiger partial charge in [-0.05, 0) is 30.8 Å². The fraction of sp³-hybridized carbons (Fsp3) is 0.500. The lowest BCUT2D eigenvalue weighted by molar-refractivity contribution is 0.0935. The largest absolute Gasteiger partial charge is 0.347 e. The summed E-state index contributed by atoms with van der Waals surface area (Å²) < 4.78 is 0. The van der Waals surface area contributed by atoms with Crippen molar-refractivity contribution in [2.75, 3.05) is 13.1 Å². The molecule has 1 fully saturated rings. The molecule has 1 aliphatic rings. The minimum absolute atomic E-state index is 0.0521. The van der Waals surface area contributed by atoms with E-state index in [4.69, 9.17) is 11.6 Å². The number of halogens is 1. The molecule has 1 amide bonds. The minimum Gasteiger partial charge on any atom is -0.347 e. The molecule has 1 aliphatic heterocycles. The molecule has 82 valence electrons. The van der Waals surface area contributed by atoms with E-state index in [0.29, 0.717) is 9.90 Å². The van der Waals surface area contributed by atoms with Gasteiger partial charge in [-0.1, -0.05) is 11.6 Å². The zero-order chi connectivity index (χ0) is 10.7. The van der Waals surface area contributed by atoms with Crippen LogP contribution in [-0.4, -0.2) is 25.0 Å². The Morgan fingerprint density at radius 2 is 2.53 bits per heavy atom. The summed E-state index contributed by atoms with van der Waals surface area (Å²) in [5.41, 5.74) is 0. The maximum atomic E-state index is 11.8. The molecular formula is C10H13ClN2OS. The molecule has 1 atom stereocenters. The van der Waals surface area contributed by atoms with Crippen LogP contribution < -0.4 is 10.6 Å². The third-order valence-corrected chi connectivity index (χ3v) is 3.80. The molecule has 15 heavy (non-hydrogen) atoms. The third kappa shape index (κ3) is 2.71. The molecule has 5 heteroatoms. The van der Waals surface area contributed by atoms with Crippen molar-refractivity contribution in [1.82, 2.24) is 10.6 Å². The smallest absolute Gasteiger partial charge is 0.263 e. The van der Waals surface area contributed by atoms with Crippen LogP contribution in [-0.2, 0) is 0 Å². The number of hydrogen-bond acceptors (Lipinski definition) is 3. The molecule has 0 spiro atoms. The Morgan fingerprint density at radius 3 is 3.13 bits per heavy atom. The van der Waals surface area contributed by atoms with E-state index in [1.54, 1.807) is 6.07 Å². The second kappa shape index (κ2) is 4.96. The van der Waals surface area contributed by atoms with Crippen molar-refractivity contribution >= 4 is 28.8 Å². The number of carbonyl (C=O) groups is 1. The third-order valence-electron chi connectivity index (χ3n) is 2.46. The van der Waals surface area contributed by atoms with E-state index in [9.17, 15) is 4.79 Å². The van der Waals surface area contributed by atoms with Crippen LogP contribution in [0.15, 0.2) is 11.4 Å². The van der Waals surface area contributed by atoms with Gasteiger partial charge in [0, 0.05) is 12.6 Å². The van der Waals surface area contributed by atoms with Crippen molar-refractivity contribution in [3.05, 3.63) is 21.3 Å². The molecule has 2 heterocycles. The summed E-state index contributed by atoms with van der Waals surface area (Å²) in [5, 5.41) is 8.61. The second-order valence-electron chi connectivity index (χ2n) is 3.61. The van der Waals surface area contributed by atoms with Crippen molar-refractivity contribution in [2.24, 2.45) is 0 Å². The van der Waals surface area contributed by atoms with Crippen molar-refractivity contribution < 1.29 is 4.79 Å². The van der Waals surface area contributed by atoms with Gasteiger partial charge in [-0.3, -0.25) is 4.79 Å². The van der Waals surface area contributed by atoms with Gasteiger partial charge in [0.2, 0.25) is 0 Å². The first-order chi connectivity index (χ1) is 7.27. The first-order valence-corrected chi connectivity index (χ1v) is 6.27. The van der Waals surface area contributed by atoms with Gasteiger partial charge < -0.3 is 10.6 Å². The Morgan fingerprint density at radius 1 is 1.67 bits per heavy atom. The van der Waals surface area contributed by atoms with Gasteiger partial charge in [-0.25, -0.2) is 0 Å². The minimum atomic E-state index is -0.0521. The Labute approximate surface area is 97.8 Å². The number of piperidine rings is 1. The van der Waals surface area contributed by atoms with Gasteiger partial charge in [-0.2, -0.15) is 0 Å². The summed E-state index contributed by atoms with van der Waals surface area (Å²) in [6, 6.07) is 1.99. The zero-order valence-corrected chi connectivity index (χ0v) is 9.83.